The average molecular weight is 398 g/mol. The Hall–Kier alpha value is -1.59. The molecule has 0 aliphatic rings. The van der Waals surface area contributed by atoms with Gasteiger partial charge in [0.25, 0.3) is 0 Å². The van der Waals surface area contributed by atoms with Gasteiger partial charge in [0, 0.05) is 13.5 Å². The van der Waals surface area contributed by atoms with Crippen molar-refractivity contribution < 1.29 is 14.3 Å². The molecule has 0 aromatic carbocycles. The molecule has 0 saturated heterocycles. The van der Waals surface area contributed by atoms with Crippen LogP contribution in [-0.2, 0) is 14.3 Å². The van der Waals surface area contributed by atoms with E-state index in [1.165, 1.54) is 82.6 Å². The fourth-order valence-corrected chi connectivity index (χ4v) is 3.10. The predicted molar refractivity (Wildman–Crippen MR) is 115 cm³/mol. The zero-order valence-corrected chi connectivity index (χ0v) is 18.4. The molecule has 0 aliphatic carbocycles. The quantitative estimate of drug-likeness (QED) is 0.150. The highest BCUT2D eigenvalue weighted by Gasteiger charge is 2.18. The lowest BCUT2D eigenvalue weighted by Gasteiger charge is -2.17. The van der Waals surface area contributed by atoms with Crippen molar-refractivity contribution in [2.24, 2.45) is 5.73 Å². The molecule has 0 amide bonds. The Morgan fingerprint density at radius 3 is 1.75 bits per heavy atom. The second kappa shape index (κ2) is 17.5. The van der Waals surface area contributed by atoms with Crippen LogP contribution >= 0.6 is 0 Å². The SMILES string of the molecule is CCCCCCCCCCCCCCCC(=O)C(C)OC(=O)CN(C)C(=N)N. The van der Waals surface area contributed by atoms with E-state index in [9.17, 15) is 9.59 Å². The number of hydrogen-bond acceptors (Lipinski definition) is 4. The molecule has 164 valence electrons. The smallest absolute Gasteiger partial charge is 0.326 e. The third-order valence-electron chi connectivity index (χ3n) is 5.07. The summed E-state index contributed by atoms with van der Waals surface area (Å²) in [6, 6.07) is 0. The molecule has 1 unspecified atom stereocenters. The van der Waals surface area contributed by atoms with Gasteiger partial charge in [0.15, 0.2) is 17.8 Å². The lowest BCUT2D eigenvalue weighted by atomic mass is 10.0. The maximum atomic E-state index is 12.0. The normalized spacial score (nSPS) is 11.8. The summed E-state index contributed by atoms with van der Waals surface area (Å²) in [5.74, 6) is -0.784. The topological polar surface area (TPSA) is 96.5 Å². The van der Waals surface area contributed by atoms with Crippen LogP contribution in [0.2, 0.25) is 0 Å². The summed E-state index contributed by atoms with van der Waals surface area (Å²) in [5, 5.41) is 7.21. The number of carbonyl (C=O) groups excluding carboxylic acids is 2. The number of esters is 1. The number of guanidine groups is 1. The van der Waals surface area contributed by atoms with Crippen molar-refractivity contribution in [3.8, 4) is 0 Å². The molecule has 1 atom stereocenters. The monoisotopic (exact) mass is 397 g/mol. The minimum atomic E-state index is -0.731. The molecule has 6 nitrogen and oxygen atoms in total. The highest BCUT2D eigenvalue weighted by molar-refractivity contribution is 5.86. The molecular formula is C22H43N3O3. The van der Waals surface area contributed by atoms with Gasteiger partial charge in [0.05, 0.1) is 0 Å². The summed E-state index contributed by atoms with van der Waals surface area (Å²) in [6.45, 7) is 3.74. The van der Waals surface area contributed by atoms with Gasteiger partial charge in [0.2, 0.25) is 0 Å². The van der Waals surface area contributed by atoms with Crippen LogP contribution in [0.25, 0.3) is 0 Å². The standard InChI is InChI=1S/C22H43N3O3/c1-4-5-6-7-8-9-10-11-12-13-14-15-16-17-20(26)19(2)28-21(27)18-25(3)22(23)24/h19H,4-18H2,1-3H3,(H3,23,24). The first-order chi connectivity index (χ1) is 13.4. The van der Waals surface area contributed by atoms with Gasteiger partial charge in [-0.15, -0.1) is 0 Å². The first-order valence-corrected chi connectivity index (χ1v) is 11.2. The number of rotatable bonds is 18. The maximum Gasteiger partial charge on any atom is 0.326 e. The van der Waals surface area contributed by atoms with Crippen molar-refractivity contribution in [2.75, 3.05) is 13.6 Å². The first kappa shape index (κ1) is 26.4. The zero-order valence-electron chi connectivity index (χ0n) is 18.4. The predicted octanol–water partition coefficient (Wildman–Crippen LogP) is 4.79. The van der Waals surface area contributed by atoms with Crippen molar-refractivity contribution in [2.45, 2.75) is 110 Å². The van der Waals surface area contributed by atoms with Crippen LogP contribution in [0.1, 0.15) is 104 Å². The third-order valence-corrected chi connectivity index (χ3v) is 5.07. The van der Waals surface area contributed by atoms with E-state index < -0.39 is 12.1 Å². The van der Waals surface area contributed by atoms with Gasteiger partial charge in [-0.2, -0.15) is 0 Å². The van der Waals surface area contributed by atoms with Crippen LogP contribution in [0.4, 0.5) is 0 Å². The van der Waals surface area contributed by atoms with Crippen LogP contribution in [0.3, 0.4) is 0 Å². The number of Topliss-reactive ketones (excluding diaryl/α,β-unsaturated/α-hetero) is 1. The lowest BCUT2D eigenvalue weighted by molar-refractivity contribution is -0.154. The number of ketones is 1. The van der Waals surface area contributed by atoms with E-state index in [-0.39, 0.29) is 18.3 Å². The Kier molecular flexibility index (Phi) is 16.5. The summed E-state index contributed by atoms with van der Waals surface area (Å²) >= 11 is 0. The second-order valence-corrected chi connectivity index (χ2v) is 7.83. The van der Waals surface area contributed by atoms with Crippen LogP contribution in [0, 0.1) is 5.41 Å². The Labute approximate surface area is 172 Å². The van der Waals surface area contributed by atoms with Crippen LogP contribution in [-0.4, -0.2) is 42.3 Å². The van der Waals surface area contributed by atoms with E-state index >= 15 is 0 Å². The molecule has 0 fully saturated rings. The lowest BCUT2D eigenvalue weighted by Crippen LogP contribution is -2.38. The molecule has 0 aromatic heterocycles. The Balaban J connectivity index is 3.53. The van der Waals surface area contributed by atoms with E-state index in [2.05, 4.69) is 6.92 Å². The third kappa shape index (κ3) is 15.5. The fraction of sp³-hybridized carbons (Fsp3) is 0.864. The fourth-order valence-electron chi connectivity index (χ4n) is 3.10. The molecule has 0 aliphatic heterocycles. The van der Waals surface area contributed by atoms with E-state index in [0.29, 0.717) is 6.42 Å². The summed E-state index contributed by atoms with van der Waals surface area (Å²) in [6.07, 6.45) is 16.2. The van der Waals surface area contributed by atoms with E-state index in [1.54, 1.807) is 6.92 Å². The van der Waals surface area contributed by atoms with Gasteiger partial charge < -0.3 is 15.4 Å². The molecule has 0 rings (SSSR count). The number of likely N-dealkylation sites (N-methyl/N-ethyl adjacent to an activating group) is 1. The largest absolute Gasteiger partial charge is 0.453 e. The van der Waals surface area contributed by atoms with Gasteiger partial charge in [0.1, 0.15) is 6.54 Å². The van der Waals surface area contributed by atoms with Crippen molar-refractivity contribution in [3.63, 3.8) is 0 Å². The molecule has 3 N–H and O–H groups in total. The van der Waals surface area contributed by atoms with Gasteiger partial charge in [-0.3, -0.25) is 15.0 Å². The summed E-state index contributed by atoms with van der Waals surface area (Å²) < 4.78 is 5.11. The molecule has 0 saturated carbocycles. The zero-order chi connectivity index (χ0) is 21.2. The number of hydrogen-bond donors (Lipinski definition) is 2. The van der Waals surface area contributed by atoms with Crippen molar-refractivity contribution in [1.82, 2.24) is 4.90 Å². The van der Waals surface area contributed by atoms with Gasteiger partial charge in [-0.1, -0.05) is 84.0 Å². The number of nitrogens with zero attached hydrogens (tertiary/aromatic N) is 1. The number of unbranched alkanes of at least 4 members (excludes halogenated alkanes) is 12. The molecule has 6 heteroatoms. The van der Waals surface area contributed by atoms with Crippen LogP contribution in [0.5, 0.6) is 0 Å². The number of ether oxygens (including phenoxy) is 1. The van der Waals surface area contributed by atoms with Gasteiger partial charge in [-0.25, -0.2) is 0 Å². The summed E-state index contributed by atoms with van der Waals surface area (Å²) in [7, 11) is 1.53. The van der Waals surface area contributed by atoms with Gasteiger partial charge in [-0.05, 0) is 13.3 Å². The molecule has 0 bridgehead atoms. The maximum absolute atomic E-state index is 12.0. The van der Waals surface area contributed by atoms with E-state index in [1.807, 2.05) is 0 Å². The molecule has 28 heavy (non-hydrogen) atoms. The number of nitrogens with one attached hydrogen (secondary N) is 1. The molecule has 0 radical (unpaired) electrons. The number of nitrogens with two attached hydrogens (primary N) is 1. The first-order valence-electron chi connectivity index (χ1n) is 11.2. The van der Waals surface area contributed by atoms with Crippen LogP contribution < -0.4 is 5.73 Å². The van der Waals surface area contributed by atoms with Crippen LogP contribution in [0.15, 0.2) is 0 Å². The average Bonchev–Trinajstić information content (AvgIpc) is 2.64. The van der Waals surface area contributed by atoms with E-state index in [0.717, 1.165) is 12.8 Å². The van der Waals surface area contributed by atoms with Gasteiger partial charge >= 0.3 is 5.97 Å². The van der Waals surface area contributed by atoms with Crippen molar-refractivity contribution in [3.05, 3.63) is 0 Å². The summed E-state index contributed by atoms with van der Waals surface area (Å²) in [5.41, 5.74) is 5.27. The van der Waals surface area contributed by atoms with Crippen molar-refractivity contribution in [1.29, 1.82) is 5.41 Å². The Bertz CT molecular complexity index is 441. The van der Waals surface area contributed by atoms with E-state index in [4.69, 9.17) is 15.9 Å². The second-order valence-electron chi connectivity index (χ2n) is 7.83. The molecule has 0 aromatic rings. The summed E-state index contributed by atoms with van der Waals surface area (Å²) in [4.78, 5) is 25.0. The Morgan fingerprint density at radius 2 is 1.32 bits per heavy atom. The minimum Gasteiger partial charge on any atom is -0.453 e. The molecule has 0 heterocycles. The highest BCUT2D eigenvalue weighted by atomic mass is 16.5. The number of carbonyl (C=O) groups is 2. The molecule has 0 spiro atoms. The molecular weight excluding hydrogens is 354 g/mol. The van der Waals surface area contributed by atoms with Crippen molar-refractivity contribution >= 4 is 17.7 Å². The highest BCUT2D eigenvalue weighted by Crippen LogP contribution is 2.13. The Morgan fingerprint density at radius 1 is 0.893 bits per heavy atom. The minimum absolute atomic E-state index is 0.0399.